The summed E-state index contributed by atoms with van der Waals surface area (Å²) in [7, 11) is 0. The summed E-state index contributed by atoms with van der Waals surface area (Å²) in [6, 6.07) is 24.2. The summed E-state index contributed by atoms with van der Waals surface area (Å²) in [6.45, 7) is 0. The number of nitrogens with one attached hydrogen (secondary N) is 1. The van der Waals surface area contributed by atoms with Crippen LogP contribution in [0.4, 0.5) is 5.13 Å². The molecule has 0 saturated carbocycles. The Bertz CT molecular complexity index is 1450. The third kappa shape index (κ3) is 4.10. The molecule has 0 radical (unpaired) electrons. The predicted molar refractivity (Wildman–Crippen MR) is 133 cm³/mol. The lowest BCUT2D eigenvalue weighted by Crippen LogP contribution is -2.13. The molecular weight excluding hydrogens is 461 g/mol. The standard InChI is InChI=1S/C25H15Cl2N3OS/c26-16-11-9-15(10-12-16)22-13-19(17-5-2-4-8-21(17)28-22)24(31)30-25-29-23(14-32-25)18-6-1-3-7-20(18)27/h1-14H,(H,29,30,31). The molecule has 2 heterocycles. The molecule has 5 aromatic rings. The van der Waals surface area contributed by atoms with Gasteiger partial charge in [-0.1, -0.05) is 71.7 Å². The molecular formula is C25H15Cl2N3OS. The number of hydrogen-bond donors (Lipinski definition) is 1. The van der Waals surface area contributed by atoms with Crippen molar-refractivity contribution in [2.75, 3.05) is 5.32 Å². The van der Waals surface area contributed by atoms with Crippen molar-refractivity contribution in [2.45, 2.75) is 0 Å². The quantitative estimate of drug-likeness (QED) is 0.291. The Balaban J connectivity index is 1.51. The number of amides is 1. The summed E-state index contributed by atoms with van der Waals surface area (Å²) in [5, 5.41) is 7.33. The molecule has 0 aliphatic carbocycles. The fraction of sp³-hybridized carbons (Fsp3) is 0. The van der Waals surface area contributed by atoms with Crippen molar-refractivity contribution in [3.63, 3.8) is 0 Å². The number of para-hydroxylation sites is 1. The Morgan fingerprint density at radius 1 is 0.844 bits per heavy atom. The molecule has 4 nitrogen and oxygen atoms in total. The van der Waals surface area contributed by atoms with Crippen LogP contribution in [0.1, 0.15) is 10.4 Å². The van der Waals surface area contributed by atoms with E-state index in [0.29, 0.717) is 26.4 Å². The van der Waals surface area contributed by atoms with E-state index in [1.54, 1.807) is 18.2 Å². The first-order valence-electron chi connectivity index (χ1n) is 9.76. The number of fused-ring (bicyclic) bond motifs is 1. The lowest BCUT2D eigenvalue weighted by Gasteiger charge is -2.10. The summed E-state index contributed by atoms with van der Waals surface area (Å²) in [6.07, 6.45) is 0. The Morgan fingerprint density at radius 3 is 2.41 bits per heavy atom. The van der Waals surface area contributed by atoms with Crippen LogP contribution >= 0.6 is 34.5 Å². The van der Waals surface area contributed by atoms with Gasteiger partial charge in [0.2, 0.25) is 0 Å². The molecule has 32 heavy (non-hydrogen) atoms. The van der Waals surface area contributed by atoms with E-state index in [1.807, 2.05) is 66.0 Å². The molecule has 0 spiro atoms. The second-order valence-corrected chi connectivity index (χ2v) is 8.75. The summed E-state index contributed by atoms with van der Waals surface area (Å²) in [4.78, 5) is 22.5. The number of carbonyl (C=O) groups is 1. The minimum Gasteiger partial charge on any atom is -0.298 e. The molecule has 3 aromatic carbocycles. The first-order valence-corrected chi connectivity index (χ1v) is 11.4. The first-order chi connectivity index (χ1) is 15.6. The van der Waals surface area contributed by atoms with Crippen molar-refractivity contribution in [3.8, 4) is 22.5 Å². The number of aromatic nitrogens is 2. The first kappa shape index (κ1) is 20.6. The normalized spacial score (nSPS) is 10.9. The second kappa shape index (κ2) is 8.71. The van der Waals surface area contributed by atoms with E-state index in [0.717, 1.165) is 27.7 Å². The Morgan fingerprint density at radius 2 is 1.59 bits per heavy atom. The van der Waals surface area contributed by atoms with Crippen molar-refractivity contribution >= 4 is 56.5 Å². The fourth-order valence-electron chi connectivity index (χ4n) is 3.42. The van der Waals surface area contributed by atoms with Gasteiger partial charge in [-0.05, 0) is 30.3 Å². The van der Waals surface area contributed by atoms with Gasteiger partial charge in [-0.15, -0.1) is 11.3 Å². The third-order valence-corrected chi connectivity index (χ3v) is 6.31. The van der Waals surface area contributed by atoms with Crippen LogP contribution in [-0.2, 0) is 0 Å². The molecule has 0 fully saturated rings. The van der Waals surface area contributed by atoms with Gasteiger partial charge in [0.25, 0.3) is 5.91 Å². The highest BCUT2D eigenvalue weighted by molar-refractivity contribution is 7.14. The highest BCUT2D eigenvalue weighted by atomic mass is 35.5. The van der Waals surface area contributed by atoms with Crippen LogP contribution in [0.25, 0.3) is 33.4 Å². The van der Waals surface area contributed by atoms with Crippen LogP contribution in [0.15, 0.2) is 84.2 Å². The number of nitrogens with zero attached hydrogens (tertiary/aromatic N) is 2. The van der Waals surface area contributed by atoms with E-state index >= 15 is 0 Å². The van der Waals surface area contributed by atoms with E-state index in [9.17, 15) is 4.79 Å². The van der Waals surface area contributed by atoms with Gasteiger partial charge in [-0.3, -0.25) is 10.1 Å². The van der Waals surface area contributed by atoms with Crippen molar-refractivity contribution in [3.05, 3.63) is 99.9 Å². The number of anilines is 1. The number of hydrogen-bond acceptors (Lipinski definition) is 4. The van der Waals surface area contributed by atoms with Crippen molar-refractivity contribution < 1.29 is 4.79 Å². The van der Waals surface area contributed by atoms with Gasteiger partial charge in [0, 0.05) is 31.9 Å². The molecule has 7 heteroatoms. The lowest BCUT2D eigenvalue weighted by atomic mass is 10.0. The van der Waals surface area contributed by atoms with Crippen molar-refractivity contribution in [1.82, 2.24) is 9.97 Å². The van der Waals surface area contributed by atoms with Crippen LogP contribution in [0, 0.1) is 0 Å². The zero-order valence-electron chi connectivity index (χ0n) is 16.5. The Hall–Kier alpha value is -3.25. The fourth-order valence-corrected chi connectivity index (χ4v) is 4.48. The van der Waals surface area contributed by atoms with Gasteiger partial charge in [0.05, 0.1) is 22.5 Å². The van der Waals surface area contributed by atoms with Gasteiger partial charge >= 0.3 is 0 Å². The molecule has 2 aromatic heterocycles. The SMILES string of the molecule is O=C(Nc1nc(-c2ccccc2Cl)cs1)c1cc(-c2ccc(Cl)cc2)nc2ccccc12. The third-order valence-electron chi connectivity index (χ3n) is 4.98. The van der Waals surface area contributed by atoms with Crippen LogP contribution < -0.4 is 5.32 Å². The van der Waals surface area contributed by atoms with E-state index in [-0.39, 0.29) is 5.91 Å². The Labute approximate surface area is 198 Å². The second-order valence-electron chi connectivity index (χ2n) is 7.05. The van der Waals surface area contributed by atoms with E-state index in [4.69, 9.17) is 28.2 Å². The average molecular weight is 476 g/mol. The molecule has 0 saturated heterocycles. The topological polar surface area (TPSA) is 54.9 Å². The number of carbonyl (C=O) groups excluding carboxylic acids is 1. The monoisotopic (exact) mass is 475 g/mol. The minimum absolute atomic E-state index is 0.251. The van der Waals surface area contributed by atoms with E-state index in [1.165, 1.54) is 11.3 Å². The van der Waals surface area contributed by atoms with Crippen LogP contribution in [-0.4, -0.2) is 15.9 Å². The summed E-state index contributed by atoms with van der Waals surface area (Å²) in [5.41, 5.74) is 4.38. The molecule has 0 aliphatic heterocycles. The van der Waals surface area contributed by atoms with E-state index in [2.05, 4.69) is 10.3 Å². The smallest absolute Gasteiger partial charge is 0.258 e. The average Bonchev–Trinajstić information content (AvgIpc) is 3.27. The van der Waals surface area contributed by atoms with Gasteiger partial charge in [0.1, 0.15) is 0 Å². The molecule has 1 N–H and O–H groups in total. The molecule has 0 unspecified atom stereocenters. The number of pyridine rings is 1. The number of thiazole rings is 1. The molecule has 5 rings (SSSR count). The molecule has 0 aliphatic rings. The summed E-state index contributed by atoms with van der Waals surface area (Å²) >= 11 is 13.7. The Kier molecular flexibility index (Phi) is 5.62. The van der Waals surface area contributed by atoms with Crippen LogP contribution in [0.5, 0.6) is 0 Å². The molecule has 0 atom stereocenters. The van der Waals surface area contributed by atoms with Gasteiger partial charge in [0.15, 0.2) is 5.13 Å². The van der Waals surface area contributed by atoms with Gasteiger partial charge in [-0.25, -0.2) is 9.97 Å². The highest BCUT2D eigenvalue weighted by Gasteiger charge is 2.16. The van der Waals surface area contributed by atoms with Crippen molar-refractivity contribution in [2.24, 2.45) is 0 Å². The number of rotatable bonds is 4. The maximum absolute atomic E-state index is 13.3. The minimum atomic E-state index is -0.251. The molecule has 156 valence electrons. The highest BCUT2D eigenvalue weighted by Crippen LogP contribution is 2.31. The van der Waals surface area contributed by atoms with Gasteiger partial charge in [-0.2, -0.15) is 0 Å². The van der Waals surface area contributed by atoms with Crippen LogP contribution in [0.2, 0.25) is 10.0 Å². The van der Waals surface area contributed by atoms with Gasteiger partial charge < -0.3 is 0 Å². The largest absolute Gasteiger partial charge is 0.298 e. The molecule has 1 amide bonds. The predicted octanol–water partition coefficient (Wildman–Crippen LogP) is 7.58. The number of halogens is 2. The number of benzene rings is 3. The maximum Gasteiger partial charge on any atom is 0.258 e. The summed E-state index contributed by atoms with van der Waals surface area (Å²) < 4.78 is 0. The summed E-state index contributed by atoms with van der Waals surface area (Å²) in [5.74, 6) is -0.251. The van der Waals surface area contributed by atoms with E-state index < -0.39 is 0 Å². The lowest BCUT2D eigenvalue weighted by molar-refractivity contribution is 0.102. The van der Waals surface area contributed by atoms with Crippen LogP contribution in [0.3, 0.4) is 0 Å². The molecule has 0 bridgehead atoms. The zero-order chi connectivity index (χ0) is 22.1. The zero-order valence-corrected chi connectivity index (χ0v) is 18.9. The van der Waals surface area contributed by atoms with Crippen molar-refractivity contribution in [1.29, 1.82) is 0 Å². The maximum atomic E-state index is 13.3.